The monoisotopic (exact) mass is 442 g/mol. The molecule has 2 aliphatic heterocycles. The molecule has 1 aromatic carbocycles. The van der Waals surface area contributed by atoms with Crippen molar-refractivity contribution in [3.63, 3.8) is 0 Å². The normalized spacial score (nSPS) is 18.8. The van der Waals surface area contributed by atoms with Crippen molar-refractivity contribution in [3.05, 3.63) is 47.0 Å². The molecule has 1 unspecified atom stereocenters. The van der Waals surface area contributed by atoms with E-state index in [4.69, 9.17) is 4.74 Å². The number of hydrogen-bond donors (Lipinski definition) is 1. The lowest BCUT2D eigenvalue weighted by molar-refractivity contribution is -0.145. The SMILES string of the molecule is O=C(Cc1ccccc1)Nc1nc(CC(=O)N2CCN(C(=O)C3CCCO3)CC2)cs1. The Morgan fingerprint density at radius 2 is 1.81 bits per heavy atom. The topological polar surface area (TPSA) is 91.8 Å². The van der Waals surface area contributed by atoms with Crippen LogP contribution >= 0.6 is 11.3 Å². The molecule has 4 rings (SSSR count). The van der Waals surface area contributed by atoms with E-state index in [1.54, 1.807) is 15.2 Å². The van der Waals surface area contributed by atoms with Gasteiger partial charge in [-0.05, 0) is 18.4 Å². The number of nitrogens with zero attached hydrogens (tertiary/aromatic N) is 3. The number of rotatable bonds is 6. The molecule has 0 spiro atoms. The Hall–Kier alpha value is -2.78. The maximum Gasteiger partial charge on any atom is 0.251 e. The zero-order valence-corrected chi connectivity index (χ0v) is 18.1. The van der Waals surface area contributed by atoms with Crippen LogP contribution in [0.25, 0.3) is 0 Å². The molecule has 0 bridgehead atoms. The molecule has 1 N–H and O–H groups in total. The lowest BCUT2D eigenvalue weighted by atomic mass is 10.1. The van der Waals surface area contributed by atoms with Crippen molar-refractivity contribution in [2.75, 3.05) is 38.1 Å². The first-order valence-electron chi connectivity index (χ1n) is 10.5. The molecule has 31 heavy (non-hydrogen) atoms. The maximum atomic E-state index is 12.6. The van der Waals surface area contributed by atoms with Crippen molar-refractivity contribution in [1.82, 2.24) is 14.8 Å². The molecule has 0 aliphatic carbocycles. The lowest BCUT2D eigenvalue weighted by Gasteiger charge is -2.35. The Labute approximate surface area is 185 Å². The molecule has 0 radical (unpaired) electrons. The van der Waals surface area contributed by atoms with E-state index in [0.717, 1.165) is 18.4 Å². The Kier molecular flexibility index (Phi) is 6.93. The van der Waals surface area contributed by atoms with Gasteiger partial charge in [-0.3, -0.25) is 14.4 Å². The van der Waals surface area contributed by atoms with Gasteiger partial charge in [0.25, 0.3) is 5.91 Å². The van der Waals surface area contributed by atoms with Gasteiger partial charge in [-0.1, -0.05) is 30.3 Å². The molecule has 8 nitrogen and oxygen atoms in total. The van der Waals surface area contributed by atoms with Crippen molar-refractivity contribution in [2.45, 2.75) is 31.8 Å². The third kappa shape index (κ3) is 5.68. The standard InChI is InChI=1S/C22H26N4O4S/c27-19(13-16-5-2-1-3-6-16)24-22-23-17(15-31-22)14-20(28)25-8-10-26(11-9-25)21(29)18-7-4-12-30-18/h1-3,5-6,15,18H,4,7-14H2,(H,23,24,27). The first-order chi connectivity index (χ1) is 15.1. The Morgan fingerprint density at radius 3 is 2.52 bits per heavy atom. The van der Waals surface area contributed by atoms with Crippen molar-refractivity contribution < 1.29 is 19.1 Å². The van der Waals surface area contributed by atoms with E-state index in [9.17, 15) is 14.4 Å². The fraction of sp³-hybridized carbons (Fsp3) is 0.455. The average molecular weight is 443 g/mol. The van der Waals surface area contributed by atoms with E-state index >= 15 is 0 Å². The number of amides is 3. The number of thiazole rings is 1. The second-order valence-corrected chi connectivity index (χ2v) is 8.60. The summed E-state index contributed by atoms with van der Waals surface area (Å²) in [6, 6.07) is 9.51. The predicted octanol–water partition coefficient (Wildman–Crippen LogP) is 1.72. The van der Waals surface area contributed by atoms with Crippen molar-refractivity contribution in [2.24, 2.45) is 0 Å². The Morgan fingerprint density at radius 1 is 1.06 bits per heavy atom. The van der Waals surface area contributed by atoms with Crippen LogP contribution in [0.4, 0.5) is 5.13 Å². The third-order valence-electron chi connectivity index (χ3n) is 5.49. The van der Waals surface area contributed by atoms with E-state index in [-0.39, 0.29) is 36.7 Å². The van der Waals surface area contributed by atoms with Gasteiger partial charge in [0.05, 0.1) is 18.5 Å². The smallest absolute Gasteiger partial charge is 0.251 e. The molecule has 1 aromatic heterocycles. The van der Waals surface area contributed by atoms with E-state index < -0.39 is 0 Å². The number of carbonyl (C=O) groups excluding carboxylic acids is 3. The van der Waals surface area contributed by atoms with E-state index in [0.29, 0.717) is 43.6 Å². The summed E-state index contributed by atoms with van der Waals surface area (Å²) in [5.74, 6) is -0.109. The van der Waals surface area contributed by atoms with Gasteiger partial charge in [-0.15, -0.1) is 11.3 Å². The quantitative estimate of drug-likeness (QED) is 0.736. The molecule has 2 aromatic rings. The highest BCUT2D eigenvalue weighted by Gasteiger charge is 2.31. The third-order valence-corrected chi connectivity index (χ3v) is 6.29. The van der Waals surface area contributed by atoms with Crippen molar-refractivity contribution in [3.8, 4) is 0 Å². The summed E-state index contributed by atoms with van der Waals surface area (Å²) >= 11 is 1.31. The minimum atomic E-state index is -0.312. The molecular weight excluding hydrogens is 416 g/mol. The zero-order valence-electron chi connectivity index (χ0n) is 17.3. The predicted molar refractivity (Wildman–Crippen MR) is 117 cm³/mol. The first kappa shape index (κ1) is 21.5. The Balaban J connectivity index is 1.23. The number of nitrogens with one attached hydrogen (secondary N) is 1. The van der Waals surface area contributed by atoms with Crippen LogP contribution in [0.15, 0.2) is 35.7 Å². The van der Waals surface area contributed by atoms with Crippen LogP contribution in [0, 0.1) is 0 Å². The summed E-state index contributed by atoms with van der Waals surface area (Å²) < 4.78 is 5.48. The van der Waals surface area contributed by atoms with E-state index in [1.807, 2.05) is 30.3 Å². The number of piperazine rings is 1. The molecule has 3 heterocycles. The fourth-order valence-corrected chi connectivity index (χ4v) is 4.54. The highest BCUT2D eigenvalue weighted by molar-refractivity contribution is 7.13. The minimum Gasteiger partial charge on any atom is -0.368 e. The van der Waals surface area contributed by atoms with Crippen LogP contribution in [0.3, 0.4) is 0 Å². The number of benzene rings is 1. The molecule has 0 saturated carbocycles. The second-order valence-electron chi connectivity index (χ2n) is 7.74. The van der Waals surface area contributed by atoms with Crippen molar-refractivity contribution in [1.29, 1.82) is 0 Å². The summed E-state index contributed by atoms with van der Waals surface area (Å²) in [5, 5.41) is 5.09. The summed E-state index contributed by atoms with van der Waals surface area (Å²) in [6.45, 7) is 2.74. The van der Waals surface area contributed by atoms with Gasteiger partial charge in [0.15, 0.2) is 5.13 Å². The lowest BCUT2D eigenvalue weighted by Crippen LogP contribution is -2.53. The highest BCUT2D eigenvalue weighted by Crippen LogP contribution is 2.18. The molecule has 2 saturated heterocycles. The number of hydrogen-bond acceptors (Lipinski definition) is 6. The van der Waals surface area contributed by atoms with Crippen LogP contribution in [0.2, 0.25) is 0 Å². The van der Waals surface area contributed by atoms with Crippen LogP contribution in [-0.4, -0.2) is 71.4 Å². The van der Waals surface area contributed by atoms with Gasteiger partial charge in [0, 0.05) is 38.2 Å². The van der Waals surface area contributed by atoms with Gasteiger partial charge in [0.2, 0.25) is 11.8 Å². The second kappa shape index (κ2) is 10.0. The summed E-state index contributed by atoms with van der Waals surface area (Å²) in [4.78, 5) is 45.2. The van der Waals surface area contributed by atoms with Crippen molar-refractivity contribution >= 4 is 34.2 Å². The minimum absolute atomic E-state index is 0.0170. The van der Waals surface area contributed by atoms with E-state index in [1.165, 1.54) is 11.3 Å². The first-order valence-corrected chi connectivity index (χ1v) is 11.4. The maximum absolute atomic E-state index is 12.6. The molecule has 9 heteroatoms. The van der Waals surface area contributed by atoms with Gasteiger partial charge in [0.1, 0.15) is 6.10 Å². The van der Waals surface area contributed by atoms with Gasteiger partial charge in [-0.25, -0.2) is 4.98 Å². The van der Waals surface area contributed by atoms with Crippen LogP contribution in [-0.2, 0) is 32.0 Å². The van der Waals surface area contributed by atoms with Gasteiger partial charge >= 0.3 is 0 Å². The van der Waals surface area contributed by atoms with Gasteiger partial charge in [-0.2, -0.15) is 0 Å². The summed E-state index contributed by atoms with van der Waals surface area (Å²) in [6.07, 6.45) is 1.87. The average Bonchev–Trinajstić information content (AvgIpc) is 3.46. The molecule has 3 amide bonds. The summed E-state index contributed by atoms with van der Waals surface area (Å²) in [5.41, 5.74) is 1.58. The summed E-state index contributed by atoms with van der Waals surface area (Å²) in [7, 11) is 0. The molecule has 2 fully saturated rings. The number of anilines is 1. The van der Waals surface area contributed by atoms with Crippen LogP contribution in [0.5, 0.6) is 0 Å². The van der Waals surface area contributed by atoms with Crippen LogP contribution in [0.1, 0.15) is 24.1 Å². The largest absolute Gasteiger partial charge is 0.368 e. The number of carbonyl (C=O) groups is 3. The Bertz CT molecular complexity index is 919. The highest BCUT2D eigenvalue weighted by atomic mass is 32.1. The zero-order chi connectivity index (χ0) is 21.6. The van der Waals surface area contributed by atoms with E-state index in [2.05, 4.69) is 10.3 Å². The molecule has 2 aliphatic rings. The molecular formula is C22H26N4O4S. The van der Waals surface area contributed by atoms with Gasteiger partial charge < -0.3 is 19.9 Å². The number of aromatic nitrogens is 1. The fourth-order valence-electron chi connectivity index (χ4n) is 3.81. The molecule has 1 atom stereocenters. The molecule has 164 valence electrons. The number of ether oxygens (including phenoxy) is 1. The van der Waals surface area contributed by atoms with Crippen LogP contribution < -0.4 is 5.32 Å².